The van der Waals surface area contributed by atoms with Gasteiger partial charge >= 0.3 is 5.97 Å². The summed E-state index contributed by atoms with van der Waals surface area (Å²) in [5.74, 6) is -0.199. The fourth-order valence-electron chi connectivity index (χ4n) is 2.79. The standard InChI is InChI=1S/C15H29NO4/c1-4-20-14(18)13-5-7-15(19,8-6-13)10-16-11(2)9-12(3)17/h11-13,16-17,19H,4-10H2,1-3H3. The third-order valence-corrected chi connectivity index (χ3v) is 4.01. The molecule has 118 valence electrons. The van der Waals surface area contributed by atoms with Gasteiger partial charge in [-0.25, -0.2) is 0 Å². The Morgan fingerprint density at radius 3 is 2.50 bits per heavy atom. The lowest BCUT2D eigenvalue weighted by atomic mass is 9.78. The minimum absolute atomic E-state index is 0.0647. The number of esters is 1. The summed E-state index contributed by atoms with van der Waals surface area (Å²) in [5.41, 5.74) is -0.740. The van der Waals surface area contributed by atoms with E-state index in [1.807, 2.05) is 13.8 Å². The average molecular weight is 287 g/mol. The second kappa shape index (κ2) is 7.96. The van der Waals surface area contributed by atoms with Crippen LogP contribution >= 0.6 is 0 Å². The molecule has 0 aliphatic heterocycles. The van der Waals surface area contributed by atoms with Gasteiger partial charge in [-0.2, -0.15) is 0 Å². The van der Waals surface area contributed by atoms with Crippen molar-refractivity contribution in [1.82, 2.24) is 5.32 Å². The van der Waals surface area contributed by atoms with E-state index in [1.54, 1.807) is 6.92 Å². The Labute approximate surface area is 121 Å². The van der Waals surface area contributed by atoms with Gasteiger partial charge in [-0.05, 0) is 52.9 Å². The number of aliphatic hydroxyl groups excluding tert-OH is 1. The number of rotatable bonds is 7. The summed E-state index contributed by atoms with van der Waals surface area (Å²) in [5, 5.41) is 23.1. The minimum Gasteiger partial charge on any atom is -0.466 e. The van der Waals surface area contributed by atoms with E-state index in [9.17, 15) is 15.0 Å². The zero-order valence-electron chi connectivity index (χ0n) is 12.9. The Hall–Kier alpha value is -0.650. The molecule has 0 amide bonds. The molecule has 1 saturated carbocycles. The first-order valence-corrected chi connectivity index (χ1v) is 7.67. The molecule has 1 rings (SSSR count). The largest absolute Gasteiger partial charge is 0.466 e. The summed E-state index contributed by atoms with van der Waals surface area (Å²) in [4.78, 5) is 11.6. The zero-order chi connectivity index (χ0) is 15.2. The fraction of sp³-hybridized carbons (Fsp3) is 0.933. The minimum atomic E-state index is -0.740. The Morgan fingerprint density at radius 1 is 1.40 bits per heavy atom. The van der Waals surface area contributed by atoms with Crippen LogP contribution in [-0.2, 0) is 9.53 Å². The van der Waals surface area contributed by atoms with E-state index in [0.29, 0.717) is 45.3 Å². The van der Waals surface area contributed by atoms with E-state index in [4.69, 9.17) is 4.74 Å². The molecule has 20 heavy (non-hydrogen) atoms. The molecule has 2 unspecified atom stereocenters. The summed E-state index contributed by atoms with van der Waals surface area (Å²) in [6.45, 7) is 6.50. The van der Waals surface area contributed by atoms with Crippen LogP contribution in [0.3, 0.4) is 0 Å². The number of carbonyl (C=O) groups is 1. The highest BCUT2D eigenvalue weighted by atomic mass is 16.5. The average Bonchev–Trinajstić information content (AvgIpc) is 2.37. The highest BCUT2D eigenvalue weighted by molar-refractivity contribution is 5.72. The highest BCUT2D eigenvalue weighted by Crippen LogP contribution is 2.32. The number of carbonyl (C=O) groups excluding carboxylic acids is 1. The van der Waals surface area contributed by atoms with Gasteiger partial charge in [0.05, 0.1) is 24.2 Å². The first kappa shape index (κ1) is 17.4. The first-order valence-electron chi connectivity index (χ1n) is 7.67. The predicted octanol–water partition coefficient (Wildman–Crippen LogP) is 1.22. The number of hydrogen-bond acceptors (Lipinski definition) is 5. The Morgan fingerprint density at radius 2 is 2.00 bits per heavy atom. The van der Waals surface area contributed by atoms with Gasteiger partial charge in [0, 0.05) is 12.6 Å². The molecule has 5 nitrogen and oxygen atoms in total. The molecule has 0 aromatic carbocycles. The number of nitrogens with one attached hydrogen (secondary N) is 1. The Bertz CT molecular complexity index is 298. The summed E-state index contributed by atoms with van der Waals surface area (Å²) in [7, 11) is 0. The summed E-state index contributed by atoms with van der Waals surface area (Å²) in [6, 6.07) is 0.168. The van der Waals surface area contributed by atoms with E-state index in [2.05, 4.69) is 5.32 Å². The maximum atomic E-state index is 11.6. The van der Waals surface area contributed by atoms with Gasteiger partial charge in [0.1, 0.15) is 0 Å². The molecule has 5 heteroatoms. The first-order chi connectivity index (χ1) is 9.36. The molecule has 0 spiro atoms. The van der Waals surface area contributed by atoms with Crippen LogP contribution in [0.25, 0.3) is 0 Å². The highest BCUT2D eigenvalue weighted by Gasteiger charge is 2.36. The van der Waals surface area contributed by atoms with Gasteiger partial charge in [-0.1, -0.05) is 0 Å². The van der Waals surface area contributed by atoms with Crippen molar-refractivity contribution in [3.8, 4) is 0 Å². The van der Waals surface area contributed by atoms with Crippen LogP contribution in [0.2, 0.25) is 0 Å². The van der Waals surface area contributed by atoms with Gasteiger partial charge in [-0.15, -0.1) is 0 Å². The van der Waals surface area contributed by atoms with Crippen molar-refractivity contribution in [2.45, 2.75) is 70.6 Å². The fourth-order valence-corrected chi connectivity index (χ4v) is 2.79. The molecule has 0 aromatic rings. The number of aliphatic hydroxyl groups is 2. The van der Waals surface area contributed by atoms with Gasteiger partial charge in [-0.3, -0.25) is 4.79 Å². The third kappa shape index (κ3) is 5.77. The molecule has 1 fully saturated rings. The quantitative estimate of drug-likeness (QED) is 0.614. The van der Waals surface area contributed by atoms with Crippen molar-refractivity contribution in [2.75, 3.05) is 13.2 Å². The van der Waals surface area contributed by atoms with E-state index in [0.717, 1.165) is 0 Å². The van der Waals surface area contributed by atoms with E-state index < -0.39 is 5.60 Å². The lowest BCUT2D eigenvalue weighted by Crippen LogP contribution is -2.47. The summed E-state index contributed by atoms with van der Waals surface area (Å²) >= 11 is 0. The SMILES string of the molecule is CCOC(=O)C1CCC(O)(CNC(C)CC(C)O)CC1. The zero-order valence-corrected chi connectivity index (χ0v) is 12.9. The molecule has 3 N–H and O–H groups in total. The summed E-state index contributed by atoms with van der Waals surface area (Å²) < 4.78 is 5.03. The number of hydrogen-bond donors (Lipinski definition) is 3. The van der Waals surface area contributed by atoms with Crippen LogP contribution in [0.15, 0.2) is 0 Å². The van der Waals surface area contributed by atoms with Gasteiger partial charge in [0.2, 0.25) is 0 Å². The van der Waals surface area contributed by atoms with Gasteiger partial charge in [0.25, 0.3) is 0 Å². The molecule has 0 saturated heterocycles. The van der Waals surface area contributed by atoms with Gasteiger partial charge < -0.3 is 20.3 Å². The van der Waals surface area contributed by atoms with Crippen LogP contribution in [0, 0.1) is 5.92 Å². The Balaban J connectivity index is 2.33. The van der Waals surface area contributed by atoms with E-state index in [1.165, 1.54) is 0 Å². The van der Waals surface area contributed by atoms with E-state index >= 15 is 0 Å². The van der Waals surface area contributed by atoms with Crippen LogP contribution in [-0.4, -0.2) is 47.1 Å². The topological polar surface area (TPSA) is 78.8 Å². The van der Waals surface area contributed by atoms with E-state index in [-0.39, 0.29) is 24.0 Å². The molecule has 2 atom stereocenters. The molecular weight excluding hydrogens is 258 g/mol. The maximum absolute atomic E-state index is 11.6. The van der Waals surface area contributed by atoms with Crippen LogP contribution in [0.5, 0.6) is 0 Å². The smallest absolute Gasteiger partial charge is 0.308 e. The number of ether oxygens (including phenoxy) is 1. The molecular formula is C15H29NO4. The van der Waals surface area contributed by atoms with Crippen molar-refractivity contribution in [2.24, 2.45) is 5.92 Å². The summed E-state index contributed by atoms with van der Waals surface area (Å²) in [6.07, 6.45) is 2.92. The molecule has 0 radical (unpaired) electrons. The molecule has 0 heterocycles. The van der Waals surface area contributed by atoms with Crippen LogP contribution < -0.4 is 5.32 Å². The second-order valence-corrected chi connectivity index (χ2v) is 6.12. The van der Waals surface area contributed by atoms with Gasteiger partial charge in [0.15, 0.2) is 0 Å². The molecule has 0 bridgehead atoms. The van der Waals surface area contributed by atoms with Crippen molar-refractivity contribution in [3.05, 3.63) is 0 Å². The molecule has 0 aromatic heterocycles. The van der Waals surface area contributed by atoms with Crippen LogP contribution in [0.4, 0.5) is 0 Å². The van der Waals surface area contributed by atoms with Crippen molar-refractivity contribution in [3.63, 3.8) is 0 Å². The lowest BCUT2D eigenvalue weighted by molar-refractivity contribution is -0.151. The van der Waals surface area contributed by atoms with Crippen LogP contribution in [0.1, 0.15) is 52.9 Å². The normalized spacial score (nSPS) is 29.8. The lowest BCUT2D eigenvalue weighted by Gasteiger charge is -2.36. The predicted molar refractivity (Wildman–Crippen MR) is 77.3 cm³/mol. The monoisotopic (exact) mass is 287 g/mol. The second-order valence-electron chi connectivity index (χ2n) is 6.12. The third-order valence-electron chi connectivity index (χ3n) is 4.01. The maximum Gasteiger partial charge on any atom is 0.308 e. The molecule has 1 aliphatic carbocycles. The Kier molecular flexibility index (Phi) is 6.92. The van der Waals surface area contributed by atoms with Crippen molar-refractivity contribution < 1.29 is 19.7 Å². The van der Waals surface area contributed by atoms with Crippen molar-refractivity contribution >= 4 is 5.97 Å². The molecule has 1 aliphatic rings. The van der Waals surface area contributed by atoms with Crippen molar-refractivity contribution in [1.29, 1.82) is 0 Å².